The minimum Gasteiger partial charge on any atom is -0.314 e. The zero-order valence-corrected chi connectivity index (χ0v) is 13.2. The van der Waals surface area contributed by atoms with Crippen LogP contribution in [0.4, 0.5) is 0 Å². The van der Waals surface area contributed by atoms with E-state index >= 15 is 0 Å². The van der Waals surface area contributed by atoms with Gasteiger partial charge in [0, 0.05) is 12.6 Å². The first kappa shape index (κ1) is 16.0. The quantitative estimate of drug-likeness (QED) is 0.599. The van der Waals surface area contributed by atoms with Gasteiger partial charge >= 0.3 is 0 Å². The topological polar surface area (TPSA) is 12.0 Å². The van der Waals surface area contributed by atoms with E-state index in [1.54, 1.807) is 0 Å². The molecular formula is C17H35N. The van der Waals surface area contributed by atoms with Crippen molar-refractivity contribution >= 4 is 0 Å². The largest absolute Gasteiger partial charge is 0.314 e. The van der Waals surface area contributed by atoms with Gasteiger partial charge in [-0.1, -0.05) is 66.2 Å². The summed E-state index contributed by atoms with van der Waals surface area (Å²) in [6.45, 7) is 10.5. The van der Waals surface area contributed by atoms with E-state index in [4.69, 9.17) is 0 Å². The second-order valence-electron chi connectivity index (χ2n) is 6.86. The summed E-state index contributed by atoms with van der Waals surface area (Å²) in [5.41, 5.74) is 0.638. The Hall–Kier alpha value is -0.0400. The second kappa shape index (κ2) is 8.19. The molecule has 1 unspecified atom stereocenters. The van der Waals surface area contributed by atoms with E-state index in [2.05, 4.69) is 33.0 Å². The van der Waals surface area contributed by atoms with Crippen molar-refractivity contribution in [2.45, 2.75) is 91.5 Å². The molecule has 0 aromatic heterocycles. The predicted octanol–water partition coefficient (Wildman–Crippen LogP) is 5.15. The summed E-state index contributed by atoms with van der Waals surface area (Å²) in [5.74, 6) is 0.969. The van der Waals surface area contributed by atoms with Crippen LogP contribution in [0.5, 0.6) is 0 Å². The molecule has 0 heterocycles. The molecule has 0 aliphatic heterocycles. The maximum atomic E-state index is 3.71. The van der Waals surface area contributed by atoms with Gasteiger partial charge in [-0.25, -0.2) is 0 Å². The number of rotatable bonds is 9. The average Bonchev–Trinajstić information content (AvgIpc) is 2.81. The highest BCUT2D eigenvalue weighted by Crippen LogP contribution is 2.44. The Morgan fingerprint density at radius 1 is 1.11 bits per heavy atom. The number of hydrogen-bond donors (Lipinski definition) is 1. The van der Waals surface area contributed by atoms with Gasteiger partial charge in [-0.05, 0) is 30.6 Å². The fourth-order valence-corrected chi connectivity index (χ4v) is 3.55. The van der Waals surface area contributed by atoms with Crippen LogP contribution in [0.3, 0.4) is 0 Å². The van der Waals surface area contributed by atoms with Crippen molar-refractivity contribution in [3.63, 3.8) is 0 Å². The molecular weight excluding hydrogens is 218 g/mol. The Morgan fingerprint density at radius 3 is 2.28 bits per heavy atom. The molecule has 0 saturated heterocycles. The Balaban J connectivity index is 2.49. The summed E-state index contributed by atoms with van der Waals surface area (Å²) in [7, 11) is 0. The number of nitrogens with one attached hydrogen (secondary N) is 1. The van der Waals surface area contributed by atoms with Gasteiger partial charge in [0.2, 0.25) is 0 Å². The molecule has 1 atom stereocenters. The molecule has 0 amide bonds. The highest BCUT2D eigenvalue weighted by molar-refractivity contribution is 4.88. The first-order chi connectivity index (χ1) is 8.62. The van der Waals surface area contributed by atoms with Gasteiger partial charge in [-0.15, -0.1) is 0 Å². The monoisotopic (exact) mass is 253 g/mol. The van der Waals surface area contributed by atoms with Crippen LogP contribution in [-0.4, -0.2) is 12.6 Å². The molecule has 1 aliphatic carbocycles. The lowest BCUT2D eigenvalue weighted by molar-refractivity contribution is 0.194. The normalized spacial score (nSPS) is 20.5. The average molecular weight is 253 g/mol. The third-order valence-corrected chi connectivity index (χ3v) is 4.81. The standard InChI is InChI=1S/C17H35N/c1-5-7-10-16(6-2)13-17(11-8-9-12-17)14-18-15(3)4/h15-16,18H,5-14H2,1-4H3. The lowest BCUT2D eigenvalue weighted by Crippen LogP contribution is -2.37. The Morgan fingerprint density at radius 2 is 1.78 bits per heavy atom. The van der Waals surface area contributed by atoms with E-state index in [0.717, 1.165) is 5.92 Å². The summed E-state index contributed by atoms with van der Waals surface area (Å²) >= 11 is 0. The van der Waals surface area contributed by atoms with Crippen LogP contribution in [0, 0.1) is 11.3 Å². The van der Waals surface area contributed by atoms with Gasteiger partial charge < -0.3 is 5.32 Å². The number of hydrogen-bond acceptors (Lipinski definition) is 1. The SMILES string of the molecule is CCCCC(CC)CC1(CNC(C)C)CCCC1. The molecule has 1 rings (SSSR count). The molecule has 0 spiro atoms. The minimum atomic E-state index is 0.637. The van der Waals surface area contributed by atoms with E-state index in [0.29, 0.717) is 11.5 Å². The van der Waals surface area contributed by atoms with Crippen LogP contribution in [0.1, 0.15) is 85.5 Å². The Bertz CT molecular complexity index is 204. The van der Waals surface area contributed by atoms with Crippen molar-refractivity contribution in [1.82, 2.24) is 5.32 Å². The van der Waals surface area contributed by atoms with Gasteiger partial charge in [-0.3, -0.25) is 0 Å². The maximum Gasteiger partial charge on any atom is 0.00106 e. The minimum absolute atomic E-state index is 0.637. The lowest BCUT2D eigenvalue weighted by atomic mass is 9.75. The van der Waals surface area contributed by atoms with Crippen molar-refractivity contribution in [3.05, 3.63) is 0 Å². The van der Waals surface area contributed by atoms with Gasteiger partial charge in [0.25, 0.3) is 0 Å². The van der Waals surface area contributed by atoms with E-state index in [1.165, 1.54) is 64.3 Å². The molecule has 0 bridgehead atoms. The first-order valence-electron chi connectivity index (χ1n) is 8.35. The van der Waals surface area contributed by atoms with Crippen molar-refractivity contribution < 1.29 is 0 Å². The van der Waals surface area contributed by atoms with Crippen LogP contribution in [0.15, 0.2) is 0 Å². The lowest BCUT2D eigenvalue weighted by Gasteiger charge is -2.34. The van der Waals surface area contributed by atoms with E-state index in [1.807, 2.05) is 0 Å². The first-order valence-corrected chi connectivity index (χ1v) is 8.35. The molecule has 0 aromatic rings. The van der Waals surface area contributed by atoms with Crippen molar-refractivity contribution in [3.8, 4) is 0 Å². The molecule has 1 aliphatic rings. The third-order valence-electron chi connectivity index (χ3n) is 4.81. The van der Waals surface area contributed by atoms with Crippen LogP contribution < -0.4 is 5.32 Å². The van der Waals surface area contributed by atoms with Gasteiger partial charge in [0.15, 0.2) is 0 Å². The second-order valence-corrected chi connectivity index (χ2v) is 6.86. The van der Waals surface area contributed by atoms with Gasteiger partial charge in [-0.2, -0.15) is 0 Å². The van der Waals surface area contributed by atoms with Crippen molar-refractivity contribution in [2.75, 3.05) is 6.54 Å². The fraction of sp³-hybridized carbons (Fsp3) is 1.00. The predicted molar refractivity (Wildman–Crippen MR) is 82.0 cm³/mol. The molecule has 0 aromatic carbocycles. The van der Waals surface area contributed by atoms with Crippen LogP contribution in [-0.2, 0) is 0 Å². The van der Waals surface area contributed by atoms with E-state index < -0.39 is 0 Å². The molecule has 108 valence electrons. The summed E-state index contributed by atoms with van der Waals surface area (Å²) in [6.07, 6.45) is 12.9. The zero-order chi connectivity index (χ0) is 13.4. The third kappa shape index (κ3) is 5.30. The number of unbranched alkanes of at least 4 members (excludes halogenated alkanes) is 1. The van der Waals surface area contributed by atoms with Crippen molar-refractivity contribution in [2.24, 2.45) is 11.3 Å². The molecule has 1 fully saturated rings. The highest BCUT2D eigenvalue weighted by Gasteiger charge is 2.35. The fourth-order valence-electron chi connectivity index (χ4n) is 3.55. The summed E-state index contributed by atoms with van der Waals surface area (Å²) < 4.78 is 0. The summed E-state index contributed by atoms with van der Waals surface area (Å²) in [6, 6.07) is 0.637. The zero-order valence-electron chi connectivity index (χ0n) is 13.2. The molecule has 18 heavy (non-hydrogen) atoms. The van der Waals surface area contributed by atoms with E-state index in [9.17, 15) is 0 Å². The smallest absolute Gasteiger partial charge is 0.00106 e. The van der Waals surface area contributed by atoms with Crippen LogP contribution in [0.2, 0.25) is 0 Å². The summed E-state index contributed by atoms with van der Waals surface area (Å²) in [5, 5.41) is 3.71. The van der Waals surface area contributed by atoms with Gasteiger partial charge in [0.1, 0.15) is 0 Å². The highest BCUT2D eigenvalue weighted by atomic mass is 14.9. The molecule has 0 radical (unpaired) electrons. The molecule has 1 nitrogen and oxygen atoms in total. The summed E-state index contributed by atoms with van der Waals surface area (Å²) in [4.78, 5) is 0. The molecule has 1 heteroatoms. The maximum absolute atomic E-state index is 3.71. The molecule has 1 saturated carbocycles. The molecule has 1 N–H and O–H groups in total. The Labute approximate surface area is 115 Å². The van der Waals surface area contributed by atoms with Crippen LogP contribution in [0.25, 0.3) is 0 Å². The van der Waals surface area contributed by atoms with E-state index in [-0.39, 0.29) is 0 Å². The van der Waals surface area contributed by atoms with Crippen molar-refractivity contribution in [1.29, 1.82) is 0 Å². The van der Waals surface area contributed by atoms with Crippen LogP contribution >= 0.6 is 0 Å². The Kier molecular flexibility index (Phi) is 7.29. The van der Waals surface area contributed by atoms with Gasteiger partial charge in [0.05, 0.1) is 0 Å².